The predicted molar refractivity (Wildman–Crippen MR) is 121 cm³/mol. The van der Waals surface area contributed by atoms with E-state index in [0.29, 0.717) is 32.4 Å². The Balaban J connectivity index is 1.58. The number of carboxylic acids is 1. The second-order valence-electron chi connectivity index (χ2n) is 8.08. The third-order valence-electron chi connectivity index (χ3n) is 5.70. The van der Waals surface area contributed by atoms with E-state index in [0.717, 1.165) is 5.56 Å². The zero-order valence-corrected chi connectivity index (χ0v) is 19.0. The summed E-state index contributed by atoms with van der Waals surface area (Å²) in [5, 5.41) is 21.0. The van der Waals surface area contributed by atoms with Crippen LogP contribution in [-0.2, 0) is 16.0 Å². The molecule has 0 radical (unpaired) electrons. The SMILES string of the molecule is N#CC1(Cc2ccc(F)cc2)CCN(C(=O)COc2ccc(Cl)cc2C(=O)NCC(=O)O)CC1. The van der Waals surface area contributed by atoms with Crippen molar-refractivity contribution in [3.05, 3.63) is 64.4 Å². The van der Waals surface area contributed by atoms with Gasteiger partial charge in [-0.2, -0.15) is 5.26 Å². The molecule has 178 valence electrons. The van der Waals surface area contributed by atoms with E-state index in [1.807, 2.05) is 0 Å². The predicted octanol–water partition coefficient (Wildman–Crippen LogP) is 3.05. The van der Waals surface area contributed by atoms with Gasteiger partial charge >= 0.3 is 5.97 Å². The van der Waals surface area contributed by atoms with Crippen molar-refractivity contribution in [1.82, 2.24) is 10.2 Å². The number of benzene rings is 2. The van der Waals surface area contributed by atoms with Crippen molar-refractivity contribution in [2.75, 3.05) is 26.2 Å². The second kappa shape index (κ2) is 11.0. The van der Waals surface area contributed by atoms with Gasteiger partial charge in [0.05, 0.1) is 17.0 Å². The summed E-state index contributed by atoms with van der Waals surface area (Å²) in [4.78, 5) is 37.3. The van der Waals surface area contributed by atoms with Gasteiger partial charge in [0.1, 0.15) is 18.1 Å². The van der Waals surface area contributed by atoms with E-state index in [2.05, 4.69) is 11.4 Å². The van der Waals surface area contributed by atoms with Crippen molar-refractivity contribution < 1.29 is 28.6 Å². The van der Waals surface area contributed by atoms with Crippen molar-refractivity contribution in [3.8, 4) is 11.8 Å². The van der Waals surface area contributed by atoms with Crippen molar-refractivity contribution in [2.24, 2.45) is 5.41 Å². The first-order chi connectivity index (χ1) is 16.2. The minimum Gasteiger partial charge on any atom is -0.483 e. The lowest BCUT2D eigenvalue weighted by Crippen LogP contribution is -2.45. The van der Waals surface area contributed by atoms with Crippen LogP contribution in [-0.4, -0.2) is 54.0 Å². The number of likely N-dealkylation sites (tertiary alicyclic amines) is 1. The van der Waals surface area contributed by atoms with Gasteiger partial charge in [-0.3, -0.25) is 14.4 Å². The number of carboxylic acid groups (broad SMARTS) is 1. The first kappa shape index (κ1) is 25.0. The lowest BCUT2D eigenvalue weighted by atomic mass is 9.75. The maximum Gasteiger partial charge on any atom is 0.322 e. The van der Waals surface area contributed by atoms with Gasteiger partial charge < -0.3 is 20.1 Å². The number of piperidine rings is 1. The average molecular weight is 488 g/mol. The molecule has 1 fully saturated rings. The Morgan fingerprint density at radius 1 is 1.18 bits per heavy atom. The Morgan fingerprint density at radius 2 is 1.85 bits per heavy atom. The molecule has 0 atom stereocenters. The van der Waals surface area contributed by atoms with Gasteiger partial charge in [0.25, 0.3) is 11.8 Å². The highest BCUT2D eigenvalue weighted by Crippen LogP contribution is 2.34. The summed E-state index contributed by atoms with van der Waals surface area (Å²) in [6.45, 7) is -0.179. The maximum atomic E-state index is 13.2. The van der Waals surface area contributed by atoms with Gasteiger partial charge in [0.2, 0.25) is 0 Å². The average Bonchev–Trinajstić information content (AvgIpc) is 2.83. The topological polar surface area (TPSA) is 120 Å². The van der Waals surface area contributed by atoms with Gasteiger partial charge in [-0.1, -0.05) is 23.7 Å². The molecule has 34 heavy (non-hydrogen) atoms. The number of carbonyl (C=O) groups is 3. The van der Waals surface area contributed by atoms with Crippen LogP contribution in [0.5, 0.6) is 5.75 Å². The third kappa shape index (κ3) is 6.45. The Hall–Kier alpha value is -3.64. The number of ether oxygens (including phenoxy) is 1. The van der Waals surface area contributed by atoms with E-state index in [4.69, 9.17) is 21.4 Å². The van der Waals surface area contributed by atoms with E-state index in [9.17, 15) is 24.0 Å². The Kier molecular flexibility index (Phi) is 8.08. The van der Waals surface area contributed by atoms with E-state index in [1.54, 1.807) is 17.0 Å². The van der Waals surface area contributed by atoms with Crippen LogP contribution in [0.15, 0.2) is 42.5 Å². The molecular formula is C24H23ClFN3O5. The standard InChI is InChI=1S/C24H23ClFN3O5/c25-17-3-6-20(19(11-17)23(33)28-13-22(31)32)34-14-21(30)29-9-7-24(15-27,8-10-29)12-16-1-4-18(26)5-2-16/h1-6,11H,7-10,12-14H2,(H,28,33)(H,31,32). The van der Waals surface area contributed by atoms with E-state index >= 15 is 0 Å². The van der Waals surface area contributed by atoms with Crippen molar-refractivity contribution >= 4 is 29.4 Å². The molecule has 0 bridgehead atoms. The molecule has 8 nitrogen and oxygen atoms in total. The summed E-state index contributed by atoms with van der Waals surface area (Å²) in [7, 11) is 0. The number of nitrogens with one attached hydrogen (secondary N) is 1. The van der Waals surface area contributed by atoms with Crippen LogP contribution in [0.4, 0.5) is 4.39 Å². The second-order valence-corrected chi connectivity index (χ2v) is 8.52. The van der Waals surface area contributed by atoms with Crippen molar-refractivity contribution in [2.45, 2.75) is 19.3 Å². The summed E-state index contributed by atoms with van der Waals surface area (Å²) in [5.41, 5.74) is 0.242. The highest BCUT2D eigenvalue weighted by Gasteiger charge is 2.36. The number of rotatable bonds is 8. The largest absolute Gasteiger partial charge is 0.483 e. The number of nitrogens with zero attached hydrogens (tertiary/aromatic N) is 2. The van der Waals surface area contributed by atoms with E-state index in [1.165, 1.54) is 30.3 Å². The maximum absolute atomic E-state index is 13.2. The van der Waals surface area contributed by atoms with E-state index in [-0.39, 0.29) is 34.7 Å². The molecule has 2 aromatic carbocycles. The first-order valence-electron chi connectivity index (χ1n) is 10.6. The van der Waals surface area contributed by atoms with Crippen LogP contribution >= 0.6 is 11.6 Å². The summed E-state index contributed by atoms with van der Waals surface area (Å²) in [6.07, 6.45) is 1.41. The molecule has 2 aromatic rings. The normalized spacial score (nSPS) is 14.7. The minimum absolute atomic E-state index is 0.0167. The molecule has 0 spiro atoms. The van der Waals surface area contributed by atoms with Gasteiger partial charge in [0, 0.05) is 18.1 Å². The molecular weight excluding hydrogens is 465 g/mol. The third-order valence-corrected chi connectivity index (χ3v) is 5.94. The van der Waals surface area contributed by atoms with Crippen molar-refractivity contribution in [1.29, 1.82) is 5.26 Å². The molecule has 1 aliphatic rings. The Morgan fingerprint density at radius 3 is 2.47 bits per heavy atom. The fourth-order valence-electron chi connectivity index (χ4n) is 3.79. The summed E-state index contributed by atoms with van der Waals surface area (Å²) >= 11 is 5.94. The lowest BCUT2D eigenvalue weighted by Gasteiger charge is -2.37. The molecule has 0 saturated carbocycles. The molecule has 1 aliphatic heterocycles. The monoisotopic (exact) mass is 487 g/mol. The highest BCUT2D eigenvalue weighted by molar-refractivity contribution is 6.31. The van der Waals surface area contributed by atoms with E-state index < -0.39 is 23.8 Å². The van der Waals surface area contributed by atoms with Gasteiger partial charge in [0.15, 0.2) is 6.61 Å². The summed E-state index contributed by atoms with van der Waals surface area (Å²) in [6, 6.07) is 12.7. The number of halogens is 2. The number of carbonyl (C=O) groups excluding carboxylic acids is 2. The van der Waals surface area contributed by atoms with Gasteiger partial charge in [-0.05, 0) is 55.2 Å². The summed E-state index contributed by atoms with van der Waals surface area (Å²) < 4.78 is 18.7. The molecule has 0 unspecified atom stereocenters. The Bertz CT molecular complexity index is 1110. The zero-order valence-electron chi connectivity index (χ0n) is 18.2. The van der Waals surface area contributed by atoms with Crippen LogP contribution in [0.25, 0.3) is 0 Å². The quantitative estimate of drug-likeness (QED) is 0.590. The molecule has 0 aromatic heterocycles. The number of hydrogen-bond donors (Lipinski definition) is 2. The van der Waals surface area contributed by atoms with Crippen LogP contribution in [0.2, 0.25) is 5.02 Å². The fraction of sp³-hybridized carbons (Fsp3) is 0.333. The van der Waals surface area contributed by atoms with Crippen LogP contribution in [0, 0.1) is 22.6 Å². The van der Waals surface area contributed by atoms with Crippen LogP contribution in [0.1, 0.15) is 28.8 Å². The molecule has 3 rings (SSSR count). The highest BCUT2D eigenvalue weighted by atomic mass is 35.5. The lowest BCUT2D eigenvalue weighted by molar-refractivity contribution is -0.136. The number of amides is 2. The number of aliphatic carboxylic acids is 1. The molecule has 10 heteroatoms. The van der Waals surface area contributed by atoms with Crippen molar-refractivity contribution in [3.63, 3.8) is 0 Å². The number of hydrogen-bond acceptors (Lipinski definition) is 5. The van der Waals surface area contributed by atoms with Gasteiger partial charge in [-0.25, -0.2) is 4.39 Å². The zero-order chi connectivity index (χ0) is 24.7. The molecule has 1 saturated heterocycles. The molecule has 0 aliphatic carbocycles. The smallest absolute Gasteiger partial charge is 0.322 e. The van der Waals surface area contributed by atoms with Gasteiger partial charge in [-0.15, -0.1) is 0 Å². The number of nitriles is 1. The molecule has 2 amide bonds. The van der Waals surface area contributed by atoms with Crippen LogP contribution < -0.4 is 10.1 Å². The summed E-state index contributed by atoms with van der Waals surface area (Å²) in [5.74, 6) is -2.44. The minimum atomic E-state index is -1.20. The molecule has 2 N–H and O–H groups in total. The Labute approximate surface area is 200 Å². The molecule has 1 heterocycles. The fourth-order valence-corrected chi connectivity index (χ4v) is 3.96. The van der Waals surface area contributed by atoms with Crippen LogP contribution in [0.3, 0.4) is 0 Å². The first-order valence-corrected chi connectivity index (χ1v) is 10.9.